The molecule has 0 unspecified atom stereocenters. The van der Waals surface area contributed by atoms with Gasteiger partial charge in [-0.05, 0) is 31.5 Å². The molecule has 4 heteroatoms. The molecule has 1 aromatic rings. The van der Waals surface area contributed by atoms with Crippen LogP contribution in [0, 0.1) is 0 Å². The Morgan fingerprint density at radius 2 is 2.19 bits per heavy atom. The third kappa shape index (κ3) is 4.21. The molecule has 0 spiro atoms. The van der Waals surface area contributed by atoms with Crippen LogP contribution in [-0.2, 0) is 5.88 Å². The van der Waals surface area contributed by atoms with Gasteiger partial charge >= 0.3 is 0 Å². The third-order valence-electron chi connectivity index (χ3n) is 2.03. The molecule has 1 amide bonds. The molecule has 0 fully saturated rings. The van der Waals surface area contributed by atoms with Crippen molar-refractivity contribution in [2.45, 2.75) is 25.3 Å². The smallest absolute Gasteiger partial charge is 0.251 e. The summed E-state index contributed by atoms with van der Waals surface area (Å²) in [5.74, 6) is 0.182. The lowest BCUT2D eigenvalue weighted by molar-refractivity contribution is 0.0694. The van der Waals surface area contributed by atoms with Crippen molar-refractivity contribution in [3.05, 3.63) is 35.4 Å². The van der Waals surface area contributed by atoms with E-state index >= 15 is 0 Å². The fourth-order valence-electron chi connectivity index (χ4n) is 1.19. The molecule has 0 aliphatic heterocycles. The highest BCUT2D eigenvalue weighted by Crippen LogP contribution is 2.08. The van der Waals surface area contributed by atoms with E-state index in [-0.39, 0.29) is 12.5 Å². The number of carbonyl (C=O) groups is 1. The fraction of sp³-hybridized carbons (Fsp3) is 0.417. The topological polar surface area (TPSA) is 49.3 Å². The van der Waals surface area contributed by atoms with Crippen molar-refractivity contribution in [3.63, 3.8) is 0 Å². The molecule has 0 aromatic heterocycles. The van der Waals surface area contributed by atoms with E-state index in [9.17, 15) is 9.90 Å². The number of amides is 1. The molecule has 0 bridgehead atoms. The van der Waals surface area contributed by atoms with Gasteiger partial charge in [0.15, 0.2) is 0 Å². The van der Waals surface area contributed by atoms with Crippen molar-refractivity contribution in [2.75, 3.05) is 6.54 Å². The number of benzene rings is 1. The number of nitrogens with one attached hydrogen (secondary N) is 1. The van der Waals surface area contributed by atoms with Crippen LogP contribution in [0.15, 0.2) is 24.3 Å². The van der Waals surface area contributed by atoms with Crippen molar-refractivity contribution in [1.29, 1.82) is 0 Å². The summed E-state index contributed by atoms with van der Waals surface area (Å²) in [5.41, 5.74) is 0.555. The maximum absolute atomic E-state index is 11.7. The normalized spacial score (nSPS) is 11.2. The van der Waals surface area contributed by atoms with Gasteiger partial charge in [-0.1, -0.05) is 12.1 Å². The first kappa shape index (κ1) is 13.0. The molecule has 2 N–H and O–H groups in total. The molecule has 0 heterocycles. The zero-order valence-electron chi connectivity index (χ0n) is 9.46. The minimum absolute atomic E-state index is 0.200. The van der Waals surface area contributed by atoms with E-state index in [2.05, 4.69) is 5.32 Å². The van der Waals surface area contributed by atoms with E-state index in [1.165, 1.54) is 0 Å². The first-order valence-corrected chi connectivity index (χ1v) is 5.61. The Bertz CT molecular complexity index is 372. The van der Waals surface area contributed by atoms with Gasteiger partial charge in [-0.25, -0.2) is 0 Å². The average Bonchev–Trinajstić information content (AvgIpc) is 2.25. The van der Waals surface area contributed by atoms with Gasteiger partial charge in [0.1, 0.15) is 0 Å². The molecule has 1 aromatic carbocycles. The minimum Gasteiger partial charge on any atom is -0.389 e. The SMILES string of the molecule is CC(C)(O)CNC(=O)c1cccc(CCl)c1. The van der Waals surface area contributed by atoms with Crippen LogP contribution in [0.4, 0.5) is 0 Å². The Hall–Kier alpha value is -1.06. The van der Waals surface area contributed by atoms with Crippen molar-refractivity contribution < 1.29 is 9.90 Å². The van der Waals surface area contributed by atoms with Crippen LogP contribution in [0.25, 0.3) is 0 Å². The quantitative estimate of drug-likeness (QED) is 0.792. The lowest BCUT2D eigenvalue weighted by Gasteiger charge is -2.17. The zero-order valence-corrected chi connectivity index (χ0v) is 10.2. The minimum atomic E-state index is -0.903. The molecule has 0 atom stereocenters. The summed E-state index contributed by atoms with van der Waals surface area (Å²) < 4.78 is 0. The number of hydrogen-bond acceptors (Lipinski definition) is 2. The van der Waals surface area contributed by atoms with Crippen molar-refractivity contribution in [1.82, 2.24) is 5.32 Å². The predicted molar refractivity (Wildman–Crippen MR) is 64.6 cm³/mol. The molecule has 3 nitrogen and oxygen atoms in total. The Labute approximate surface area is 100 Å². The Morgan fingerprint density at radius 1 is 1.50 bits per heavy atom. The van der Waals surface area contributed by atoms with Crippen LogP contribution >= 0.6 is 11.6 Å². The highest BCUT2D eigenvalue weighted by Gasteiger charge is 2.14. The van der Waals surface area contributed by atoms with Gasteiger partial charge in [0.05, 0.1) is 5.60 Å². The van der Waals surface area contributed by atoms with Gasteiger partial charge in [0.25, 0.3) is 5.91 Å². The zero-order chi connectivity index (χ0) is 12.2. The number of alkyl halides is 1. The molecular weight excluding hydrogens is 226 g/mol. The number of rotatable bonds is 4. The summed E-state index contributed by atoms with van der Waals surface area (Å²) in [6, 6.07) is 7.11. The van der Waals surface area contributed by atoms with Crippen molar-refractivity contribution in [3.8, 4) is 0 Å². The van der Waals surface area contributed by atoms with Crippen LogP contribution in [-0.4, -0.2) is 23.2 Å². The highest BCUT2D eigenvalue weighted by atomic mass is 35.5. The summed E-state index contributed by atoms with van der Waals surface area (Å²) in [6.45, 7) is 3.50. The molecule has 0 aliphatic rings. The maximum Gasteiger partial charge on any atom is 0.251 e. The molecular formula is C12H16ClNO2. The lowest BCUT2D eigenvalue weighted by Crippen LogP contribution is -2.38. The number of halogens is 1. The van der Waals surface area contributed by atoms with Crippen LogP contribution in [0.1, 0.15) is 29.8 Å². The average molecular weight is 242 g/mol. The number of aliphatic hydroxyl groups is 1. The van der Waals surface area contributed by atoms with Crippen molar-refractivity contribution >= 4 is 17.5 Å². The van der Waals surface area contributed by atoms with Gasteiger partial charge in [-0.3, -0.25) is 4.79 Å². The van der Waals surface area contributed by atoms with E-state index in [4.69, 9.17) is 11.6 Å². The molecule has 0 aliphatic carbocycles. The maximum atomic E-state index is 11.7. The van der Waals surface area contributed by atoms with E-state index in [0.717, 1.165) is 5.56 Å². The third-order valence-corrected chi connectivity index (χ3v) is 2.33. The summed E-state index contributed by atoms with van der Waals surface area (Å²) in [4.78, 5) is 11.7. The molecule has 16 heavy (non-hydrogen) atoms. The fourth-order valence-corrected chi connectivity index (χ4v) is 1.36. The predicted octanol–water partition coefficient (Wildman–Crippen LogP) is 1.93. The first-order valence-electron chi connectivity index (χ1n) is 5.08. The van der Waals surface area contributed by atoms with E-state index < -0.39 is 5.60 Å². The molecule has 0 saturated carbocycles. The highest BCUT2D eigenvalue weighted by molar-refractivity contribution is 6.17. The Morgan fingerprint density at radius 3 is 2.75 bits per heavy atom. The van der Waals surface area contributed by atoms with Gasteiger partial charge in [-0.2, -0.15) is 0 Å². The van der Waals surface area contributed by atoms with Gasteiger partial charge < -0.3 is 10.4 Å². The lowest BCUT2D eigenvalue weighted by atomic mass is 10.1. The second-order valence-corrected chi connectivity index (χ2v) is 4.60. The molecule has 0 saturated heterocycles. The standard InChI is InChI=1S/C12H16ClNO2/c1-12(2,16)8-14-11(15)10-5-3-4-9(6-10)7-13/h3-6,16H,7-8H2,1-2H3,(H,14,15). The summed E-state index contributed by atoms with van der Waals surface area (Å²) >= 11 is 5.68. The Kier molecular flexibility index (Phi) is 4.33. The first-order chi connectivity index (χ1) is 7.42. The molecule has 88 valence electrons. The molecule has 0 radical (unpaired) electrons. The van der Waals surface area contributed by atoms with Gasteiger partial charge in [0.2, 0.25) is 0 Å². The largest absolute Gasteiger partial charge is 0.389 e. The number of hydrogen-bond donors (Lipinski definition) is 2. The van der Waals surface area contributed by atoms with Crippen LogP contribution in [0.5, 0.6) is 0 Å². The summed E-state index contributed by atoms with van der Waals surface area (Å²) in [6.07, 6.45) is 0. The number of carbonyl (C=O) groups excluding carboxylic acids is 1. The van der Waals surface area contributed by atoms with Crippen LogP contribution in [0.2, 0.25) is 0 Å². The monoisotopic (exact) mass is 241 g/mol. The second kappa shape index (κ2) is 5.32. The second-order valence-electron chi connectivity index (χ2n) is 4.33. The van der Waals surface area contributed by atoms with Gasteiger partial charge in [-0.15, -0.1) is 11.6 Å². The van der Waals surface area contributed by atoms with Crippen molar-refractivity contribution in [2.24, 2.45) is 0 Å². The van der Waals surface area contributed by atoms with E-state index in [0.29, 0.717) is 11.4 Å². The Balaban J connectivity index is 2.66. The van der Waals surface area contributed by atoms with Crippen LogP contribution in [0.3, 0.4) is 0 Å². The van der Waals surface area contributed by atoms with Gasteiger partial charge in [0, 0.05) is 18.0 Å². The van der Waals surface area contributed by atoms with E-state index in [1.807, 2.05) is 6.07 Å². The summed E-state index contributed by atoms with van der Waals surface area (Å²) in [7, 11) is 0. The molecule has 1 rings (SSSR count). The van der Waals surface area contributed by atoms with E-state index in [1.54, 1.807) is 32.0 Å². The van der Waals surface area contributed by atoms with Crippen LogP contribution < -0.4 is 5.32 Å². The summed E-state index contributed by atoms with van der Waals surface area (Å²) in [5, 5.41) is 12.1.